The van der Waals surface area contributed by atoms with Gasteiger partial charge >= 0.3 is 0 Å². The highest BCUT2D eigenvalue weighted by atomic mass is 79.9. The molecule has 0 aliphatic carbocycles. The van der Waals surface area contributed by atoms with Crippen LogP contribution >= 0.6 is 38.6 Å². The summed E-state index contributed by atoms with van der Waals surface area (Å²) >= 11 is 6.66. The molecular formula is C9H10BrN3S2. The summed E-state index contributed by atoms with van der Waals surface area (Å²) in [5, 5.41) is 10.1. The van der Waals surface area contributed by atoms with Gasteiger partial charge in [0.2, 0.25) is 0 Å². The fourth-order valence-corrected chi connectivity index (χ4v) is 3.45. The highest BCUT2D eigenvalue weighted by Crippen LogP contribution is 2.34. The van der Waals surface area contributed by atoms with Gasteiger partial charge in [-0.2, -0.15) is 0 Å². The molecular weight excluding hydrogens is 294 g/mol. The highest BCUT2D eigenvalue weighted by molar-refractivity contribution is 9.11. The molecule has 80 valence electrons. The molecule has 2 aromatic rings. The van der Waals surface area contributed by atoms with E-state index in [2.05, 4.69) is 26.1 Å². The number of hydrogen-bond acceptors (Lipinski definition) is 5. The maximum Gasteiger partial charge on any atom is 0.157 e. The Kier molecular flexibility index (Phi) is 3.50. The summed E-state index contributed by atoms with van der Waals surface area (Å²) in [6.45, 7) is 2.05. The van der Waals surface area contributed by atoms with E-state index in [9.17, 15) is 0 Å². The summed E-state index contributed by atoms with van der Waals surface area (Å²) in [4.78, 5) is 1.13. The largest absolute Gasteiger partial charge is 0.322 e. The molecule has 0 saturated heterocycles. The Morgan fingerprint density at radius 3 is 2.80 bits per heavy atom. The van der Waals surface area contributed by atoms with Crippen molar-refractivity contribution in [2.75, 3.05) is 0 Å². The molecule has 2 aromatic heterocycles. The van der Waals surface area contributed by atoms with E-state index in [4.69, 9.17) is 5.73 Å². The molecule has 0 aromatic carbocycles. The lowest BCUT2D eigenvalue weighted by Crippen LogP contribution is -2.07. The zero-order chi connectivity index (χ0) is 10.8. The Morgan fingerprint density at radius 1 is 1.40 bits per heavy atom. The molecule has 2 heterocycles. The van der Waals surface area contributed by atoms with Crippen molar-refractivity contribution in [2.45, 2.75) is 19.4 Å². The Hall–Kier alpha value is -0.300. The van der Waals surface area contributed by atoms with Crippen molar-refractivity contribution in [3.05, 3.63) is 20.9 Å². The number of hydrogen-bond donors (Lipinski definition) is 1. The molecule has 15 heavy (non-hydrogen) atoms. The lowest BCUT2D eigenvalue weighted by molar-refractivity contribution is 0.683. The second kappa shape index (κ2) is 4.69. The molecule has 1 atom stereocenters. The van der Waals surface area contributed by atoms with E-state index in [0.717, 1.165) is 25.1 Å². The minimum Gasteiger partial charge on any atom is -0.322 e. The van der Waals surface area contributed by atoms with Gasteiger partial charge in [0.25, 0.3) is 0 Å². The average molecular weight is 304 g/mol. The lowest BCUT2D eigenvalue weighted by atomic mass is 10.3. The number of nitrogens with two attached hydrogens (primary N) is 1. The molecule has 0 bridgehead atoms. The van der Waals surface area contributed by atoms with E-state index in [-0.39, 0.29) is 6.04 Å². The van der Waals surface area contributed by atoms with Crippen LogP contribution in [0.3, 0.4) is 0 Å². The van der Waals surface area contributed by atoms with Gasteiger partial charge in [0.05, 0.1) is 14.7 Å². The predicted molar refractivity (Wildman–Crippen MR) is 68.1 cm³/mol. The summed E-state index contributed by atoms with van der Waals surface area (Å²) in [6, 6.07) is 4.07. The SMILES string of the molecule is CCC(N)c1nnc(-c2ccc(Br)s2)s1. The lowest BCUT2D eigenvalue weighted by Gasteiger charge is -2.00. The van der Waals surface area contributed by atoms with E-state index in [1.807, 2.05) is 19.1 Å². The van der Waals surface area contributed by atoms with Gasteiger partial charge in [-0.15, -0.1) is 21.5 Å². The maximum atomic E-state index is 5.89. The minimum absolute atomic E-state index is 0.0136. The number of aromatic nitrogens is 2. The number of thiophene rings is 1. The van der Waals surface area contributed by atoms with E-state index in [1.54, 1.807) is 22.7 Å². The first kappa shape index (κ1) is 11.2. The van der Waals surface area contributed by atoms with E-state index < -0.39 is 0 Å². The molecule has 0 aliphatic rings. The van der Waals surface area contributed by atoms with E-state index in [0.29, 0.717) is 0 Å². The third kappa shape index (κ3) is 2.44. The molecule has 2 N–H and O–H groups in total. The molecule has 0 radical (unpaired) electrons. The van der Waals surface area contributed by atoms with Gasteiger partial charge in [0.1, 0.15) is 5.01 Å². The smallest absolute Gasteiger partial charge is 0.157 e. The zero-order valence-electron chi connectivity index (χ0n) is 8.11. The van der Waals surface area contributed by atoms with Crippen LogP contribution in [0, 0.1) is 0 Å². The number of halogens is 1. The second-order valence-electron chi connectivity index (χ2n) is 3.06. The Bertz CT molecular complexity index is 452. The monoisotopic (exact) mass is 303 g/mol. The van der Waals surface area contributed by atoms with E-state index >= 15 is 0 Å². The van der Waals surface area contributed by atoms with Crippen LogP contribution < -0.4 is 5.73 Å². The van der Waals surface area contributed by atoms with Crippen molar-refractivity contribution in [3.8, 4) is 9.88 Å². The first-order chi connectivity index (χ1) is 7.20. The molecule has 0 aliphatic heterocycles. The maximum absolute atomic E-state index is 5.89. The molecule has 0 saturated carbocycles. The first-order valence-electron chi connectivity index (χ1n) is 4.55. The molecule has 6 heteroatoms. The molecule has 3 nitrogen and oxygen atoms in total. The third-order valence-electron chi connectivity index (χ3n) is 1.98. The van der Waals surface area contributed by atoms with Crippen molar-refractivity contribution >= 4 is 38.6 Å². The van der Waals surface area contributed by atoms with Gasteiger partial charge in [-0.1, -0.05) is 18.3 Å². The van der Waals surface area contributed by atoms with Crippen LogP contribution in [-0.4, -0.2) is 10.2 Å². The van der Waals surface area contributed by atoms with Crippen LogP contribution in [0.2, 0.25) is 0 Å². The Morgan fingerprint density at radius 2 is 2.20 bits per heavy atom. The third-order valence-corrected chi connectivity index (χ3v) is 4.83. The first-order valence-corrected chi connectivity index (χ1v) is 6.98. The van der Waals surface area contributed by atoms with Crippen LogP contribution in [0.5, 0.6) is 0 Å². The van der Waals surface area contributed by atoms with Crippen LogP contribution in [0.25, 0.3) is 9.88 Å². The van der Waals surface area contributed by atoms with Gasteiger partial charge in [-0.3, -0.25) is 0 Å². The van der Waals surface area contributed by atoms with Crippen LogP contribution in [0.15, 0.2) is 15.9 Å². The van der Waals surface area contributed by atoms with Crippen molar-refractivity contribution in [1.82, 2.24) is 10.2 Å². The normalized spacial score (nSPS) is 13.0. The predicted octanol–water partition coefficient (Wildman–Crippen LogP) is 3.44. The van der Waals surface area contributed by atoms with Crippen molar-refractivity contribution < 1.29 is 0 Å². The summed E-state index contributed by atoms with van der Waals surface area (Å²) in [7, 11) is 0. The molecule has 0 fully saturated rings. The fourth-order valence-electron chi connectivity index (χ4n) is 1.09. The molecule has 0 amide bonds. The van der Waals surface area contributed by atoms with Gasteiger partial charge < -0.3 is 5.73 Å². The summed E-state index contributed by atoms with van der Waals surface area (Å²) < 4.78 is 1.11. The summed E-state index contributed by atoms with van der Waals surface area (Å²) in [5.74, 6) is 0. The summed E-state index contributed by atoms with van der Waals surface area (Å²) in [6.07, 6.45) is 0.892. The van der Waals surface area contributed by atoms with Crippen molar-refractivity contribution in [2.24, 2.45) is 5.73 Å². The van der Waals surface area contributed by atoms with Gasteiger partial charge in [0, 0.05) is 0 Å². The van der Waals surface area contributed by atoms with Crippen molar-refractivity contribution in [3.63, 3.8) is 0 Å². The zero-order valence-corrected chi connectivity index (χ0v) is 11.3. The van der Waals surface area contributed by atoms with Gasteiger partial charge in [0.15, 0.2) is 5.01 Å². The Balaban J connectivity index is 2.27. The van der Waals surface area contributed by atoms with Gasteiger partial charge in [-0.25, -0.2) is 0 Å². The number of nitrogens with zero attached hydrogens (tertiary/aromatic N) is 2. The summed E-state index contributed by atoms with van der Waals surface area (Å²) in [5.41, 5.74) is 5.89. The number of rotatable bonds is 3. The standard InChI is InChI=1S/C9H10BrN3S2/c1-2-5(11)8-12-13-9(15-8)6-3-4-7(10)14-6/h3-5H,2,11H2,1H3. The quantitative estimate of drug-likeness (QED) is 0.945. The average Bonchev–Trinajstić information content (AvgIpc) is 2.84. The topological polar surface area (TPSA) is 51.8 Å². The molecule has 0 spiro atoms. The van der Waals surface area contributed by atoms with Gasteiger partial charge in [-0.05, 0) is 34.5 Å². The van der Waals surface area contributed by atoms with Crippen molar-refractivity contribution in [1.29, 1.82) is 0 Å². The highest BCUT2D eigenvalue weighted by Gasteiger charge is 2.12. The van der Waals surface area contributed by atoms with Crippen LogP contribution in [0.4, 0.5) is 0 Å². The molecule has 1 unspecified atom stereocenters. The fraction of sp³-hybridized carbons (Fsp3) is 0.333. The van der Waals surface area contributed by atoms with Crippen LogP contribution in [0.1, 0.15) is 24.4 Å². The van der Waals surface area contributed by atoms with E-state index in [1.165, 1.54) is 0 Å². The second-order valence-corrected chi connectivity index (χ2v) is 6.54. The molecule has 2 rings (SSSR count). The minimum atomic E-state index is 0.0136. The Labute approximate surface area is 104 Å². The van der Waals surface area contributed by atoms with Crippen LogP contribution in [-0.2, 0) is 0 Å².